The molecule has 0 unspecified atom stereocenters. The number of rotatable bonds is 7. The number of anilines is 1. The lowest BCUT2D eigenvalue weighted by atomic mass is 10.2. The Hall–Kier alpha value is -3.57. The normalized spacial score (nSPS) is 12.3. The van der Waals surface area contributed by atoms with Gasteiger partial charge in [0.25, 0.3) is 5.95 Å². The van der Waals surface area contributed by atoms with Crippen LogP contribution in [0.4, 0.5) is 25.1 Å². The van der Waals surface area contributed by atoms with Gasteiger partial charge in [0.1, 0.15) is 11.6 Å². The molecule has 2 rings (SSSR count). The molecule has 0 aliphatic heterocycles. The second-order valence-corrected chi connectivity index (χ2v) is 5.06. The zero-order valence-electron chi connectivity index (χ0n) is 13.8. The number of phenols is 1. The van der Waals surface area contributed by atoms with Gasteiger partial charge >= 0.3 is 12.2 Å². The number of benzene rings is 1. The summed E-state index contributed by atoms with van der Waals surface area (Å²) in [6.07, 6.45) is -2.17. The average Bonchev–Trinajstić information content (AvgIpc) is 2.59. The molecule has 0 bridgehead atoms. The van der Waals surface area contributed by atoms with Crippen molar-refractivity contribution in [1.29, 1.82) is 0 Å². The van der Waals surface area contributed by atoms with E-state index in [1.807, 2.05) is 0 Å². The minimum Gasteiger partial charge on any atom is -0.508 e. The molecule has 9 nitrogen and oxygen atoms in total. The number of alkyl halides is 3. The molecule has 1 aromatic carbocycles. The van der Waals surface area contributed by atoms with Gasteiger partial charge in [-0.25, -0.2) is 0 Å². The van der Waals surface area contributed by atoms with Crippen molar-refractivity contribution < 1.29 is 23.0 Å². The number of nitrogens with zero attached hydrogens (tertiary/aromatic N) is 4. The molecule has 2 aromatic rings. The number of phenolic OH excluding ortho intramolecular Hbond substituents is 1. The highest BCUT2D eigenvalue weighted by atomic mass is 19.4. The van der Waals surface area contributed by atoms with Crippen molar-refractivity contribution in [1.82, 2.24) is 15.0 Å². The van der Waals surface area contributed by atoms with E-state index in [0.29, 0.717) is 0 Å². The van der Waals surface area contributed by atoms with Crippen LogP contribution in [0, 0.1) is 0 Å². The quantitative estimate of drug-likeness (QED) is 0.417. The van der Waals surface area contributed by atoms with Gasteiger partial charge in [0.15, 0.2) is 6.61 Å². The Morgan fingerprint density at radius 3 is 2.56 bits per heavy atom. The van der Waals surface area contributed by atoms with Crippen molar-refractivity contribution in [2.45, 2.75) is 12.7 Å². The minimum absolute atomic E-state index is 0.0602. The third-order valence-electron chi connectivity index (χ3n) is 2.85. The van der Waals surface area contributed by atoms with E-state index in [1.54, 1.807) is 12.1 Å². The molecule has 0 fully saturated rings. The summed E-state index contributed by atoms with van der Waals surface area (Å²) in [5.74, 6) is -0.290. The van der Waals surface area contributed by atoms with Crippen LogP contribution in [0.1, 0.15) is 5.56 Å². The highest BCUT2D eigenvalue weighted by molar-refractivity contribution is 5.92. The predicted octanol–water partition coefficient (Wildman–Crippen LogP) is 1.59. The van der Waals surface area contributed by atoms with Gasteiger partial charge in [0.05, 0.1) is 0 Å². The van der Waals surface area contributed by atoms with Crippen LogP contribution in [0.2, 0.25) is 0 Å². The second kappa shape index (κ2) is 8.69. The SMILES string of the molecule is N/C=C\C(N)=N/c1nc(NCc2ccc(O)cc2)nc(OCC(F)(F)F)n1. The summed E-state index contributed by atoms with van der Waals surface area (Å²) in [4.78, 5) is 15.2. The number of nitrogens with one attached hydrogen (secondary N) is 1. The number of amidine groups is 1. The fourth-order valence-corrected chi connectivity index (χ4v) is 1.73. The summed E-state index contributed by atoms with van der Waals surface area (Å²) >= 11 is 0. The number of aromatic nitrogens is 3. The van der Waals surface area contributed by atoms with E-state index in [2.05, 4.69) is 30.0 Å². The van der Waals surface area contributed by atoms with Crippen molar-refractivity contribution in [3.8, 4) is 11.8 Å². The highest BCUT2D eigenvalue weighted by Crippen LogP contribution is 2.19. The first kappa shape index (κ1) is 19.8. The number of hydrogen-bond acceptors (Lipinski definition) is 8. The van der Waals surface area contributed by atoms with Crippen molar-refractivity contribution in [2.75, 3.05) is 11.9 Å². The molecule has 1 heterocycles. The van der Waals surface area contributed by atoms with Crippen LogP contribution in [0.5, 0.6) is 11.8 Å². The average molecular weight is 383 g/mol. The smallest absolute Gasteiger partial charge is 0.422 e. The molecule has 0 amide bonds. The maximum Gasteiger partial charge on any atom is 0.422 e. The molecule has 0 aliphatic carbocycles. The molecule has 1 aromatic heterocycles. The van der Waals surface area contributed by atoms with Crippen molar-refractivity contribution >= 4 is 17.7 Å². The Balaban J connectivity index is 2.22. The van der Waals surface area contributed by atoms with Crippen LogP contribution in [-0.2, 0) is 6.54 Å². The standard InChI is InChI=1S/C15H16F3N7O2/c16-15(17,18)8-27-14-24-12(21-7-9-1-3-10(26)4-2-9)23-13(25-14)22-11(20)5-6-19/h1-6,26H,7-8,19H2,(H3,20,21,22,23,24,25)/b6-5-. The third-order valence-corrected chi connectivity index (χ3v) is 2.85. The van der Waals surface area contributed by atoms with Gasteiger partial charge in [-0.1, -0.05) is 12.1 Å². The van der Waals surface area contributed by atoms with Crippen molar-refractivity contribution in [3.63, 3.8) is 0 Å². The van der Waals surface area contributed by atoms with Gasteiger partial charge in [0, 0.05) is 6.54 Å². The number of ether oxygens (including phenoxy) is 1. The molecule has 27 heavy (non-hydrogen) atoms. The van der Waals surface area contributed by atoms with E-state index in [4.69, 9.17) is 11.5 Å². The summed E-state index contributed by atoms with van der Waals surface area (Å²) in [6.45, 7) is -1.35. The molecule has 12 heteroatoms. The van der Waals surface area contributed by atoms with Gasteiger partial charge in [-0.2, -0.15) is 33.1 Å². The van der Waals surface area contributed by atoms with Gasteiger partial charge in [-0.3, -0.25) is 0 Å². The van der Waals surface area contributed by atoms with E-state index in [0.717, 1.165) is 11.8 Å². The van der Waals surface area contributed by atoms with E-state index < -0.39 is 18.8 Å². The van der Waals surface area contributed by atoms with Crippen LogP contribution >= 0.6 is 0 Å². The lowest BCUT2D eigenvalue weighted by Crippen LogP contribution is -2.20. The predicted molar refractivity (Wildman–Crippen MR) is 91.4 cm³/mol. The van der Waals surface area contributed by atoms with Crippen molar-refractivity contribution in [3.05, 3.63) is 42.1 Å². The number of aliphatic imine (C=N–C) groups is 1. The number of nitrogens with two attached hydrogens (primary N) is 2. The van der Waals surface area contributed by atoms with Gasteiger partial charge in [-0.15, -0.1) is 0 Å². The Morgan fingerprint density at radius 1 is 1.22 bits per heavy atom. The molecular weight excluding hydrogens is 367 g/mol. The second-order valence-electron chi connectivity index (χ2n) is 5.06. The van der Waals surface area contributed by atoms with Crippen molar-refractivity contribution in [2.24, 2.45) is 16.5 Å². The molecule has 144 valence electrons. The largest absolute Gasteiger partial charge is 0.508 e. The molecule has 0 aliphatic rings. The summed E-state index contributed by atoms with van der Waals surface area (Å²) in [6, 6.07) is 5.69. The molecule has 0 spiro atoms. The topological polar surface area (TPSA) is 145 Å². The lowest BCUT2D eigenvalue weighted by Gasteiger charge is -2.10. The van der Waals surface area contributed by atoms with E-state index in [9.17, 15) is 18.3 Å². The lowest BCUT2D eigenvalue weighted by molar-refractivity contribution is -0.154. The van der Waals surface area contributed by atoms with E-state index >= 15 is 0 Å². The third kappa shape index (κ3) is 7.05. The maximum atomic E-state index is 12.4. The van der Waals surface area contributed by atoms with Crippen LogP contribution in [0.15, 0.2) is 41.5 Å². The minimum atomic E-state index is -4.56. The number of aromatic hydroxyl groups is 1. The molecule has 0 radical (unpaired) electrons. The van der Waals surface area contributed by atoms with Gasteiger partial charge in [0.2, 0.25) is 5.95 Å². The Morgan fingerprint density at radius 2 is 1.93 bits per heavy atom. The summed E-state index contributed by atoms with van der Waals surface area (Å²) in [5, 5.41) is 12.1. The summed E-state index contributed by atoms with van der Waals surface area (Å²) in [5.41, 5.74) is 11.5. The summed E-state index contributed by atoms with van der Waals surface area (Å²) in [7, 11) is 0. The van der Waals surface area contributed by atoms with E-state index in [-0.39, 0.29) is 30.0 Å². The fourth-order valence-electron chi connectivity index (χ4n) is 1.73. The van der Waals surface area contributed by atoms with Crippen LogP contribution in [0.3, 0.4) is 0 Å². The van der Waals surface area contributed by atoms with Gasteiger partial charge < -0.3 is 26.6 Å². The number of halogens is 3. The first-order chi connectivity index (χ1) is 12.7. The number of hydrogen-bond donors (Lipinski definition) is 4. The first-order valence-electron chi connectivity index (χ1n) is 7.45. The Kier molecular flexibility index (Phi) is 6.36. The molecule has 0 atom stereocenters. The molecule has 0 saturated heterocycles. The monoisotopic (exact) mass is 383 g/mol. The van der Waals surface area contributed by atoms with Crippen LogP contribution in [0.25, 0.3) is 0 Å². The zero-order valence-corrected chi connectivity index (χ0v) is 13.8. The Labute approximate surface area is 151 Å². The highest BCUT2D eigenvalue weighted by Gasteiger charge is 2.29. The zero-order chi connectivity index (χ0) is 19.9. The maximum absolute atomic E-state index is 12.4. The summed E-state index contributed by atoms with van der Waals surface area (Å²) < 4.78 is 41.6. The first-order valence-corrected chi connectivity index (χ1v) is 7.45. The fraction of sp³-hybridized carbons (Fsp3) is 0.200. The molecule has 6 N–H and O–H groups in total. The Bertz CT molecular complexity index is 823. The van der Waals surface area contributed by atoms with Gasteiger partial charge in [-0.05, 0) is 30.0 Å². The van der Waals surface area contributed by atoms with Crippen LogP contribution < -0.4 is 21.5 Å². The molecule has 0 saturated carbocycles. The van der Waals surface area contributed by atoms with Crippen LogP contribution in [-0.4, -0.2) is 38.7 Å². The van der Waals surface area contributed by atoms with E-state index in [1.165, 1.54) is 18.2 Å². The molecular formula is C15H16F3N7O2.